The SMILES string of the molecule is CC.CC1CCCCC1.CCC.CCN.CCNC(=O)CN(C=O)C(C)C.NC(=O)CNC(=O)CNC(=O)CNC=O. The van der Waals surface area contributed by atoms with Gasteiger partial charge in [0.15, 0.2) is 0 Å². The standard InChI is InChI=1S/C8H16N2O2.C7H12N4O4.C7H14.C3H8.C2H7N.C2H6/c1-4-9-8(12)5-10(6-11)7(2)3;8-5(13)1-10-7(15)3-11-6(14)2-9-4-12;1-7-5-3-2-4-6-7;1-3-2;1-2-3;1-2/h6-7H,4-5H2,1-3H3,(H,9,12);4H,1-3H2,(H2,8,13)(H,9,12)(H,10,15)(H,11,14);7H,2-6H2,1H3;3H2,1-2H3;2-3H2,1H3;1-2H3. The summed E-state index contributed by atoms with van der Waals surface area (Å²) in [6, 6.07) is 0.0742. The zero-order chi connectivity index (χ0) is 33.8. The number of nitrogens with zero attached hydrogens (tertiary/aromatic N) is 1. The van der Waals surface area contributed by atoms with Gasteiger partial charge in [-0.3, -0.25) is 28.8 Å². The van der Waals surface area contributed by atoms with Crippen molar-refractivity contribution < 1.29 is 28.8 Å². The summed E-state index contributed by atoms with van der Waals surface area (Å²) in [4.78, 5) is 64.7. The fourth-order valence-corrected chi connectivity index (χ4v) is 2.69. The molecule has 250 valence electrons. The Morgan fingerprint density at radius 3 is 1.62 bits per heavy atom. The van der Waals surface area contributed by atoms with E-state index >= 15 is 0 Å². The molecule has 1 aliphatic carbocycles. The second-order valence-electron chi connectivity index (χ2n) is 9.20. The maximum absolute atomic E-state index is 11.0. The molecule has 0 heterocycles. The number of carbonyl (C=O) groups excluding carboxylic acids is 6. The van der Waals surface area contributed by atoms with Gasteiger partial charge in [0.25, 0.3) is 0 Å². The lowest BCUT2D eigenvalue weighted by molar-refractivity contribution is -0.129. The van der Waals surface area contributed by atoms with Crippen LogP contribution in [0.1, 0.15) is 101 Å². The van der Waals surface area contributed by atoms with E-state index in [0.717, 1.165) is 12.5 Å². The highest BCUT2D eigenvalue weighted by Crippen LogP contribution is 2.22. The molecule has 1 rings (SSSR count). The van der Waals surface area contributed by atoms with Crippen LogP contribution in [0.15, 0.2) is 0 Å². The van der Waals surface area contributed by atoms with Crippen molar-refractivity contribution in [3.63, 3.8) is 0 Å². The van der Waals surface area contributed by atoms with E-state index in [9.17, 15) is 28.8 Å². The van der Waals surface area contributed by atoms with Gasteiger partial charge >= 0.3 is 0 Å². The number of nitrogens with two attached hydrogens (primary N) is 2. The first kappa shape index (κ1) is 48.5. The molecule has 6 amide bonds. The van der Waals surface area contributed by atoms with E-state index in [2.05, 4.69) is 42.0 Å². The van der Waals surface area contributed by atoms with Crippen LogP contribution in [0.25, 0.3) is 0 Å². The van der Waals surface area contributed by atoms with E-state index in [-0.39, 0.29) is 38.1 Å². The monoisotopic (exact) mass is 605 g/mol. The summed E-state index contributed by atoms with van der Waals surface area (Å²) in [6.45, 7) is 18.8. The Kier molecular flexibility index (Phi) is 46.1. The molecule has 0 bridgehead atoms. The van der Waals surface area contributed by atoms with Gasteiger partial charge in [-0.25, -0.2) is 0 Å². The molecular formula is C29H63N7O6. The molecule has 0 aromatic heterocycles. The molecular weight excluding hydrogens is 542 g/mol. The first-order valence-corrected chi connectivity index (χ1v) is 15.1. The van der Waals surface area contributed by atoms with E-state index in [1.807, 2.05) is 41.5 Å². The Morgan fingerprint density at radius 1 is 0.833 bits per heavy atom. The van der Waals surface area contributed by atoms with E-state index in [1.54, 1.807) is 0 Å². The highest BCUT2D eigenvalue weighted by atomic mass is 16.2. The maximum Gasteiger partial charge on any atom is 0.239 e. The van der Waals surface area contributed by atoms with E-state index in [4.69, 9.17) is 11.5 Å². The van der Waals surface area contributed by atoms with Crippen molar-refractivity contribution in [2.75, 3.05) is 39.3 Å². The van der Waals surface area contributed by atoms with Gasteiger partial charge in [-0.05, 0) is 33.2 Å². The van der Waals surface area contributed by atoms with Crippen molar-refractivity contribution in [1.82, 2.24) is 26.2 Å². The Hall–Kier alpha value is -3.22. The molecule has 1 saturated carbocycles. The van der Waals surface area contributed by atoms with Crippen LogP contribution in [0, 0.1) is 5.92 Å². The fourth-order valence-electron chi connectivity index (χ4n) is 2.69. The summed E-state index contributed by atoms with van der Waals surface area (Å²) in [7, 11) is 0. The van der Waals surface area contributed by atoms with Crippen LogP contribution in [0.3, 0.4) is 0 Å². The third-order valence-corrected chi connectivity index (χ3v) is 4.64. The average Bonchev–Trinajstić information content (AvgIpc) is 2.95. The van der Waals surface area contributed by atoms with Crippen molar-refractivity contribution in [1.29, 1.82) is 0 Å². The van der Waals surface area contributed by atoms with Crippen molar-refractivity contribution in [3.05, 3.63) is 0 Å². The summed E-state index contributed by atoms with van der Waals surface area (Å²) in [6.07, 6.45) is 9.75. The summed E-state index contributed by atoms with van der Waals surface area (Å²) in [5.74, 6) is -0.783. The highest BCUT2D eigenvalue weighted by molar-refractivity contribution is 5.88. The lowest BCUT2D eigenvalue weighted by Crippen LogP contribution is -2.42. The van der Waals surface area contributed by atoms with Crippen LogP contribution in [0.4, 0.5) is 0 Å². The predicted octanol–water partition coefficient (Wildman–Crippen LogP) is 1.43. The molecule has 13 nitrogen and oxygen atoms in total. The van der Waals surface area contributed by atoms with Crippen LogP contribution >= 0.6 is 0 Å². The predicted molar refractivity (Wildman–Crippen MR) is 170 cm³/mol. The number of hydrogen-bond donors (Lipinski definition) is 6. The minimum absolute atomic E-state index is 0.0742. The largest absolute Gasteiger partial charge is 0.368 e. The van der Waals surface area contributed by atoms with Gasteiger partial charge in [-0.1, -0.05) is 80.1 Å². The summed E-state index contributed by atoms with van der Waals surface area (Å²) in [5, 5.41) is 9.14. The molecule has 0 aromatic carbocycles. The number of rotatable bonds is 12. The molecule has 8 N–H and O–H groups in total. The second-order valence-corrected chi connectivity index (χ2v) is 9.20. The van der Waals surface area contributed by atoms with Crippen molar-refractivity contribution in [3.8, 4) is 0 Å². The Morgan fingerprint density at radius 2 is 1.29 bits per heavy atom. The average molecular weight is 606 g/mol. The molecule has 13 heteroatoms. The zero-order valence-corrected chi connectivity index (χ0v) is 27.8. The summed E-state index contributed by atoms with van der Waals surface area (Å²) >= 11 is 0. The number of hydrogen-bond acceptors (Lipinski definition) is 7. The molecule has 0 atom stereocenters. The fraction of sp³-hybridized carbons (Fsp3) is 0.793. The lowest BCUT2D eigenvalue weighted by Gasteiger charge is -2.20. The van der Waals surface area contributed by atoms with Crippen molar-refractivity contribution >= 4 is 36.4 Å². The normalized spacial score (nSPS) is 11.1. The molecule has 0 unspecified atom stereocenters. The summed E-state index contributed by atoms with van der Waals surface area (Å²) in [5.41, 5.74) is 9.62. The van der Waals surface area contributed by atoms with E-state index in [0.29, 0.717) is 19.4 Å². The Labute approximate surface area is 255 Å². The third kappa shape index (κ3) is 46.6. The molecule has 1 fully saturated rings. The molecule has 42 heavy (non-hydrogen) atoms. The molecule has 0 radical (unpaired) electrons. The molecule has 0 spiro atoms. The van der Waals surface area contributed by atoms with E-state index in [1.165, 1.54) is 43.4 Å². The lowest BCUT2D eigenvalue weighted by atomic mass is 9.91. The van der Waals surface area contributed by atoms with E-state index < -0.39 is 17.7 Å². The van der Waals surface area contributed by atoms with Gasteiger partial charge < -0.3 is 37.6 Å². The Balaban J connectivity index is -0.000000150. The van der Waals surface area contributed by atoms with Gasteiger partial charge in [0, 0.05) is 12.6 Å². The number of nitrogens with one attached hydrogen (secondary N) is 4. The number of primary amides is 1. The van der Waals surface area contributed by atoms with Crippen LogP contribution in [0.2, 0.25) is 0 Å². The topological polar surface area (TPSA) is 206 Å². The van der Waals surface area contributed by atoms with Crippen LogP contribution < -0.4 is 32.7 Å². The Bertz CT molecular complexity index is 656. The number of amides is 6. The molecule has 0 aromatic rings. The highest BCUT2D eigenvalue weighted by Gasteiger charge is 2.10. The first-order chi connectivity index (χ1) is 19.9. The molecule has 0 saturated heterocycles. The van der Waals surface area contributed by atoms with Gasteiger partial charge in [0.1, 0.15) is 0 Å². The molecule has 0 aliphatic heterocycles. The van der Waals surface area contributed by atoms with Crippen molar-refractivity contribution in [2.24, 2.45) is 17.4 Å². The quantitative estimate of drug-likeness (QED) is 0.180. The minimum Gasteiger partial charge on any atom is -0.368 e. The third-order valence-electron chi connectivity index (χ3n) is 4.64. The van der Waals surface area contributed by atoms with Gasteiger partial charge in [-0.2, -0.15) is 0 Å². The maximum atomic E-state index is 11.0. The van der Waals surface area contributed by atoms with Crippen LogP contribution in [-0.2, 0) is 28.8 Å². The van der Waals surface area contributed by atoms with Crippen molar-refractivity contribution in [2.45, 2.75) is 107 Å². The summed E-state index contributed by atoms with van der Waals surface area (Å²) < 4.78 is 0. The first-order valence-electron chi connectivity index (χ1n) is 15.1. The number of likely N-dealkylation sites (N-methyl/N-ethyl adjacent to an activating group) is 1. The minimum atomic E-state index is -0.669. The second kappa shape index (κ2) is 39.9. The van der Waals surface area contributed by atoms with Gasteiger partial charge in [0.05, 0.1) is 26.2 Å². The smallest absolute Gasteiger partial charge is 0.239 e. The van der Waals surface area contributed by atoms with Crippen LogP contribution in [0.5, 0.6) is 0 Å². The van der Waals surface area contributed by atoms with Crippen LogP contribution in [-0.4, -0.2) is 86.7 Å². The van der Waals surface area contributed by atoms with Gasteiger partial charge in [-0.15, -0.1) is 0 Å². The number of carbonyl (C=O) groups is 6. The zero-order valence-electron chi connectivity index (χ0n) is 27.8. The van der Waals surface area contributed by atoms with Gasteiger partial charge in [0.2, 0.25) is 36.4 Å². The molecule has 1 aliphatic rings.